The van der Waals surface area contributed by atoms with Gasteiger partial charge in [0, 0.05) is 5.56 Å². The predicted octanol–water partition coefficient (Wildman–Crippen LogP) is 4.42. The molecule has 0 spiro atoms. The number of carbonyl (C=O) groups excluding carboxylic acids is 1. The van der Waals surface area contributed by atoms with Crippen LogP contribution in [-0.2, 0) is 0 Å². The van der Waals surface area contributed by atoms with Crippen LogP contribution < -0.4 is 10.1 Å². The lowest BCUT2D eigenvalue weighted by atomic mass is 10.1. The number of benzene rings is 2. The van der Waals surface area contributed by atoms with Gasteiger partial charge in [-0.3, -0.25) is 4.79 Å². The molecule has 3 heteroatoms. The molecule has 0 radical (unpaired) electrons. The summed E-state index contributed by atoms with van der Waals surface area (Å²) >= 11 is 0. The Kier molecular flexibility index (Phi) is 4.99. The van der Waals surface area contributed by atoms with Crippen LogP contribution in [0.5, 0.6) is 5.75 Å². The van der Waals surface area contributed by atoms with Crippen molar-refractivity contribution in [2.45, 2.75) is 33.3 Å². The van der Waals surface area contributed by atoms with Gasteiger partial charge in [-0.15, -0.1) is 0 Å². The van der Waals surface area contributed by atoms with Crippen molar-refractivity contribution in [1.29, 1.82) is 0 Å². The summed E-state index contributed by atoms with van der Waals surface area (Å²) in [5.74, 6) is 0.585. The number of carbonyl (C=O) groups is 1. The lowest BCUT2D eigenvalue weighted by Gasteiger charge is -2.16. The standard InChI is InChI=1S/C18H21NO2/c1-4-14(3)21-17-12-8-7-11-16(17)19-18(20)15-10-6-5-9-13(15)2/h5-12,14H,4H2,1-3H3,(H,19,20). The normalized spacial score (nSPS) is 11.8. The summed E-state index contributed by atoms with van der Waals surface area (Å²) < 4.78 is 5.85. The Hall–Kier alpha value is -2.29. The third-order valence-corrected chi connectivity index (χ3v) is 3.43. The number of para-hydroxylation sites is 2. The van der Waals surface area contributed by atoms with Crippen molar-refractivity contribution in [2.24, 2.45) is 0 Å². The Morgan fingerprint density at radius 1 is 1.14 bits per heavy atom. The lowest BCUT2D eigenvalue weighted by molar-refractivity contribution is 0.102. The van der Waals surface area contributed by atoms with Gasteiger partial charge < -0.3 is 10.1 Å². The first-order valence-electron chi connectivity index (χ1n) is 7.24. The SMILES string of the molecule is CCC(C)Oc1ccccc1NC(=O)c1ccccc1C. The van der Waals surface area contributed by atoms with Gasteiger partial charge in [-0.1, -0.05) is 37.3 Å². The van der Waals surface area contributed by atoms with E-state index in [1.54, 1.807) is 0 Å². The molecule has 2 aromatic carbocycles. The summed E-state index contributed by atoms with van der Waals surface area (Å²) in [5, 5.41) is 2.93. The quantitative estimate of drug-likeness (QED) is 0.881. The van der Waals surface area contributed by atoms with Gasteiger partial charge in [0.1, 0.15) is 5.75 Å². The molecule has 0 bridgehead atoms. The van der Waals surface area contributed by atoms with Gasteiger partial charge in [-0.05, 0) is 44.0 Å². The molecule has 2 aromatic rings. The minimum atomic E-state index is -0.117. The van der Waals surface area contributed by atoms with E-state index in [1.165, 1.54) is 0 Å². The van der Waals surface area contributed by atoms with Crippen LogP contribution >= 0.6 is 0 Å². The first kappa shape index (κ1) is 15.1. The van der Waals surface area contributed by atoms with Crippen molar-refractivity contribution < 1.29 is 9.53 Å². The van der Waals surface area contributed by atoms with Crippen molar-refractivity contribution in [2.75, 3.05) is 5.32 Å². The van der Waals surface area contributed by atoms with Crippen LogP contribution in [0.2, 0.25) is 0 Å². The molecule has 0 aliphatic rings. The second-order valence-electron chi connectivity index (χ2n) is 5.10. The van der Waals surface area contributed by atoms with E-state index in [9.17, 15) is 4.79 Å². The lowest BCUT2D eigenvalue weighted by Crippen LogP contribution is -2.16. The maximum atomic E-state index is 12.4. The molecule has 21 heavy (non-hydrogen) atoms. The fourth-order valence-corrected chi connectivity index (χ4v) is 1.99. The average Bonchev–Trinajstić information content (AvgIpc) is 2.49. The highest BCUT2D eigenvalue weighted by Gasteiger charge is 2.12. The molecule has 0 aliphatic carbocycles. The second kappa shape index (κ2) is 6.93. The molecule has 110 valence electrons. The molecule has 1 amide bonds. The predicted molar refractivity (Wildman–Crippen MR) is 86.0 cm³/mol. The van der Waals surface area contributed by atoms with Crippen LogP contribution in [0.25, 0.3) is 0 Å². The molecular formula is C18H21NO2. The number of nitrogens with one attached hydrogen (secondary N) is 1. The Labute approximate surface area is 126 Å². The number of anilines is 1. The third-order valence-electron chi connectivity index (χ3n) is 3.43. The van der Waals surface area contributed by atoms with E-state index in [1.807, 2.05) is 62.4 Å². The summed E-state index contributed by atoms with van der Waals surface area (Å²) in [6.45, 7) is 6.01. The molecule has 2 rings (SSSR count). The smallest absolute Gasteiger partial charge is 0.256 e. The van der Waals surface area contributed by atoms with Crippen molar-refractivity contribution in [3.05, 3.63) is 59.7 Å². The summed E-state index contributed by atoms with van der Waals surface area (Å²) in [6.07, 6.45) is 1.03. The summed E-state index contributed by atoms with van der Waals surface area (Å²) in [5.41, 5.74) is 2.33. The van der Waals surface area contributed by atoms with E-state index >= 15 is 0 Å². The highest BCUT2D eigenvalue weighted by Crippen LogP contribution is 2.26. The topological polar surface area (TPSA) is 38.3 Å². The molecule has 3 nitrogen and oxygen atoms in total. The van der Waals surface area contributed by atoms with Crippen LogP contribution in [0, 0.1) is 6.92 Å². The molecule has 0 aromatic heterocycles. The Balaban J connectivity index is 2.20. The van der Waals surface area contributed by atoms with E-state index in [4.69, 9.17) is 4.74 Å². The minimum Gasteiger partial charge on any atom is -0.489 e. The molecule has 0 saturated heterocycles. The van der Waals surface area contributed by atoms with Gasteiger partial charge in [0.2, 0.25) is 0 Å². The number of aryl methyl sites for hydroxylation is 1. The monoisotopic (exact) mass is 283 g/mol. The van der Waals surface area contributed by atoms with Gasteiger partial charge in [0.15, 0.2) is 0 Å². The molecule has 1 N–H and O–H groups in total. The van der Waals surface area contributed by atoms with Gasteiger partial charge >= 0.3 is 0 Å². The maximum absolute atomic E-state index is 12.4. The van der Waals surface area contributed by atoms with E-state index in [0.29, 0.717) is 17.0 Å². The summed E-state index contributed by atoms with van der Waals surface area (Å²) in [7, 11) is 0. The van der Waals surface area contributed by atoms with Gasteiger partial charge in [0.25, 0.3) is 5.91 Å². The molecule has 0 fully saturated rings. The number of hydrogen-bond donors (Lipinski definition) is 1. The number of rotatable bonds is 5. The first-order chi connectivity index (χ1) is 10.1. The zero-order valence-corrected chi connectivity index (χ0v) is 12.7. The van der Waals surface area contributed by atoms with Crippen LogP contribution in [-0.4, -0.2) is 12.0 Å². The highest BCUT2D eigenvalue weighted by atomic mass is 16.5. The Bertz CT molecular complexity index is 622. The van der Waals surface area contributed by atoms with Crippen LogP contribution in [0.15, 0.2) is 48.5 Å². The summed E-state index contributed by atoms with van der Waals surface area (Å²) in [4.78, 5) is 12.4. The van der Waals surface area contributed by atoms with Crippen molar-refractivity contribution in [1.82, 2.24) is 0 Å². The number of ether oxygens (including phenoxy) is 1. The Morgan fingerprint density at radius 2 is 1.81 bits per heavy atom. The average molecular weight is 283 g/mol. The number of amides is 1. The fraction of sp³-hybridized carbons (Fsp3) is 0.278. The summed E-state index contributed by atoms with van der Waals surface area (Å²) in [6, 6.07) is 15.1. The van der Waals surface area contributed by atoms with E-state index in [2.05, 4.69) is 12.2 Å². The van der Waals surface area contributed by atoms with Crippen LogP contribution in [0.4, 0.5) is 5.69 Å². The van der Waals surface area contributed by atoms with E-state index in [-0.39, 0.29) is 12.0 Å². The minimum absolute atomic E-state index is 0.113. The largest absolute Gasteiger partial charge is 0.489 e. The van der Waals surface area contributed by atoms with Gasteiger partial charge in [-0.2, -0.15) is 0 Å². The van der Waals surface area contributed by atoms with Crippen molar-refractivity contribution >= 4 is 11.6 Å². The molecule has 0 heterocycles. The molecule has 1 atom stereocenters. The number of hydrogen-bond acceptors (Lipinski definition) is 2. The zero-order valence-electron chi connectivity index (χ0n) is 12.7. The maximum Gasteiger partial charge on any atom is 0.256 e. The van der Waals surface area contributed by atoms with Crippen LogP contribution in [0.1, 0.15) is 36.2 Å². The molecule has 0 saturated carbocycles. The Morgan fingerprint density at radius 3 is 2.52 bits per heavy atom. The molecular weight excluding hydrogens is 262 g/mol. The van der Waals surface area contributed by atoms with Crippen LogP contribution in [0.3, 0.4) is 0 Å². The third kappa shape index (κ3) is 3.85. The molecule has 0 aliphatic heterocycles. The first-order valence-corrected chi connectivity index (χ1v) is 7.24. The fourth-order valence-electron chi connectivity index (χ4n) is 1.99. The van der Waals surface area contributed by atoms with E-state index < -0.39 is 0 Å². The van der Waals surface area contributed by atoms with Crippen molar-refractivity contribution in [3.63, 3.8) is 0 Å². The van der Waals surface area contributed by atoms with Crippen molar-refractivity contribution in [3.8, 4) is 5.75 Å². The van der Waals surface area contributed by atoms with Gasteiger partial charge in [0.05, 0.1) is 11.8 Å². The molecule has 1 unspecified atom stereocenters. The van der Waals surface area contributed by atoms with Gasteiger partial charge in [-0.25, -0.2) is 0 Å². The van der Waals surface area contributed by atoms with E-state index in [0.717, 1.165) is 12.0 Å². The zero-order chi connectivity index (χ0) is 15.2. The second-order valence-corrected chi connectivity index (χ2v) is 5.10. The highest BCUT2D eigenvalue weighted by molar-refractivity contribution is 6.05.